The van der Waals surface area contributed by atoms with Gasteiger partial charge in [0.25, 0.3) is 0 Å². The van der Waals surface area contributed by atoms with E-state index in [4.69, 9.17) is 4.74 Å². The van der Waals surface area contributed by atoms with Crippen LogP contribution in [0.5, 0.6) is 0 Å². The smallest absolute Gasteiger partial charge is 0.488 e. The van der Waals surface area contributed by atoms with Crippen LogP contribution >= 0.6 is 8.25 Å². The minimum Gasteiger partial charge on any atom is -0.566 e. The molecule has 0 aromatic heterocycles. The van der Waals surface area contributed by atoms with Gasteiger partial charge in [-0.25, -0.2) is 4.79 Å². The molecule has 0 saturated heterocycles. The van der Waals surface area contributed by atoms with Crippen LogP contribution in [0.25, 0.3) is 0 Å². The highest BCUT2D eigenvalue weighted by atomic mass is 31.1. The third-order valence-electron chi connectivity index (χ3n) is 1.19. The number of hydrogen-bond acceptors (Lipinski definition) is 5. The molecule has 1 unspecified atom stereocenters. The predicted octanol–water partition coefficient (Wildman–Crippen LogP) is 0.383. The zero-order chi connectivity index (χ0) is 15.5. The number of rotatable bonds is 6. The van der Waals surface area contributed by atoms with E-state index in [-0.39, 0.29) is 12.7 Å². The minimum atomic E-state index is -2.60. The number of hydrogen-bond donors (Lipinski definition) is 2. The van der Waals surface area contributed by atoms with Gasteiger partial charge in [0, 0.05) is 6.54 Å². The van der Waals surface area contributed by atoms with Crippen LogP contribution in [0.4, 0.5) is 4.79 Å². The van der Waals surface area contributed by atoms with Gasteiger partial charge in [0.15, 0.2) is 0 Å². The summed E-state index contributed by atoms with van der Waals surface area (Å²) in [6.45, 7) is 7.02. The molecule has 8 heteroatoms. The van der Waals surface area contributed by atoms with Gasteiger partial charge in [0.05, 0.1) is 27.3 Å². The molecule has 7 nitrogen and oxygen atoms in total. The summed E-state index contributed by atoms with van der Waals surface area (Å²) < 4.78 is 18.2. The second-order valence-electron chi connectivity index (χ2n) is 3.28. The Balaban J connectivity index is -0.000000242. The van der Waals surface area contributed by atoms with Crippen molar-refractivity contribution >= 4 is 14.3 Å². The maximum absolute atomic E-state index is 10.6. The fraction of sp³-hybridized carbons (Fsp3) is 0.909. The molecule has 0 heterocycles. The summed E-state index contributed by atoms with van der Waals surface area (Å²) in [6.07, 6.45) is 1.52. The van der Waals surface area contributed by atoms with Crippen molar-refractivity contribution in [3.05, 3.63) is 0 Å². The van der Waals surface area contributed by atoms with Crippen molar-refractivity contribution in [2.45, 2.75) is 33.6 Å². The first-order chi connectivity index (χ1) is 8.99. The number of carbonyl (C=O) groups excluding carboxylic acids is 1. The third-order valence-corrected chi connectivity index (χ3v) is 1.66. The zero-order valence-corrected chi connectivity index (χ0v) is 13.5. The van der Waals surface area contributed by atoms with Gasteiger partial charge in [-0.3, -0.25) is 0 Å². The van der Waals surface area contributed by atoms with E-state index in [1.54, 1.807) is 6.92 Å². The molecule has 116 valence electrons. The van der Waals surface area contributed by atoms with E-state index in [9.17, 15) is 14.3 Å². The number of alkyl carbamates (subject to hydrolysis) is 1. The van der Waals surface area contributed by atoms with E-state index in [1.807, 2.05) is 33.3 Å². The van der Waals surface area contributed by atoms with E-state index >= 15 is 0 Å². The molecule has 1 atom stereocenters. The average molecular weight is 299 g/mol. The number of carbonyl (C=O) groups is 1. The molecule has 0 spiro atoms. The molecular formula is C11H28N2O5P+. The van der Waals surface area contributed by atoms with Crippen LogP contribution in [0.2, 0.25) is 0 Å². The van der Waals surface area contributed by atoms with Gasteiger partial charge in [-0.05, 0) is 24.3 Å². The van der Waals surface area contributed by atoms with Gasteiger partial charge in [0.1, 0.15) is 0 Å². The van der Waals surface area contributed by atoms with Gasteiger partial charge in [0.2, 0.25) is 0 Å². The van der Waals surface area contributed by atoms with Crippen LogP contribution in [-0.4, -0.2) is 39.9 Å². The Labute approximate surface area is 117 Å². The first-order valence-corrected chi connectivity index (χ1v) is 7.51. The summed E-state index contributed by atoms with van der Waals surface area (Å²) in [7, 11) is 1.40. The maximum Gasteiger partial charge on any atom is 0.488 e. The first kappa shape index (κ1) is 23.4. The number of quaternary nitrogens is 1. The molecule has 0 radical (unpaired) electrons. The summed E-state index contributed by atoms with van der Waals surface area (Å²) in [5.74, 6) is 0. The van der Waals surface area contributed by atoms with E-state index in [2.05, 4.69) is 9.84 Å². The second-order valence-corrected chi connectivity index (χ2v) is 3.99. The standard InChI is InChI=1S/C7H15NO2.C2H7N.C2H5O3P/c1-3-5-8-7(9)10-6-4-2;1-3-2;1-2-5-6(3)4/h3-6H2,1-2H3,(H,8,9);3H,1-2H3;2H2,1H3/p+1. The molecule has 19 heavy (non-hydrogen) atoms. The fourth-order valence-corrected chi connectivity index (χ4v) is 0.789. The highest BCUT2D eigenvalue weighted by Crippen LogP contribution is 2.05. The Kier molecular flexibility index (Phi) is 27.6. The molecule has 0 fully saturated rings. The SMILES string of the molecule is CCCNC(=O)OCCC.CCO[P+](=O)[O-].C[NH2+]C. The molecule has 1 amide bonds. The maximum atomic E-state index is 10.6. The van der Waals surface area contributed by atoms with Crippen LogP contribution in [0.1, 0.15) is 33.6 Å². The fourth-order valence-electron chi connectivity index (χ4n) is 0.578. The molecular weight excluding hydrogens is 271 g/mol. The Morgan fingerprint density at radius 2 is 1.79 bits per heavy atom. The summed E-state index contributed by atoms with van der Waals surface area (Å²) in [5.41, 5.74) is 0. The molecule has 0 aliphatic carbocycles. The largest absolute Gasteiger partial charge is 0.566 e. The minimum absolute atomic E-state index is 0.235. The topological polar surface area (TPSA) is 104 Å². The van der Waals surface area contributed by atoms with Crippen molar-refractivity contribution in [1.82, 2.24) is 5.32 Å². The summed E-state index contributed by atoms with van der Waals surface area (Å²) in [5, 5.41) is 4.61. The van der Waals surface area contributed by atoms with Crippen molar-refractivity contribution in [3.8, 4) is 0 Å². The highest BCUT2D eigenvalue weighted by Gasteiger charge is 1.96. The molecule has 0 aromatic rings. The lowest BCUT2D eigenvalue weighted by Crippen LogP contribution is -2.74. The van der Waals surface area contributed by atoms with Crippen molar-refractivity contribution in [1.29, 1.82) is 0 Å². The average Bonchev–Trinajstić information content (AvgIpc) is 2.35. The molecule has 0 aliphatic heterocycles. The zero-order valence-electron chi connectivity index (χ0n) is 12.6. The summed E-state index contributed by atoms with van der Waals surface area (Å²) in [6, 6.07) is 0. The number of nitrogens with two attached hydrogens (primary N) is 1. The summed E-state index contributed by atoms with van der Waals surface area (Å²) in [4.78, 5) is 20.0. The van der Waals surface area contributed by atoms with E-state index < -0.39 is 8.25 Å². The second kappa shape index (κ2) is 22.4. The normalized spacial score (nSPS) is 9.26. The van der Waals surface area contributed by atoms with Gasteiger partial charge >= 0.3 is 14.3 Å². The van der Waals surface area contributed by atoms with E-state index in [1.165, 1.54) is 0 Å². The van der Waals surface area contributed by atoms with Gasteiger partial charge in [-0.15, -0.1) is 4.52 Å². The monoisotopic (exact) mass is 299 g/mol. The molecule has 0 rings (SSSR count). The number of nitrogens with one attached hydrogen (secondary N) is 1. The summed E-state index contributed by atoms with van der Waals surface area (Å²) >= 11 is 0. The van der Waals surface area contributed by atoms with Crippen molar-refractivity contribution in [3.63, 3.8) is 0 Å². The van der Waals surface area contributed by atoms with Gasteiger partial charge in [-0.2, -0.15) is 0 Å². The third kappa shape index (κ3) is 38.2. The quantitative estimate of drug-likeness (QED) is 0.690. The van der Waals surface area contributed by atoms with Gasteiger partial charge in [-0.1, -0.05) is 13.8 Å². The van der Waals surface area contributed by atoms with Crippen LogP contribution in [0.15, 0.2) is 0 Å². The lowest BCUT2D eigenvalue weighted by molar-refractivity contribution is -0.597. The van der Waals surface area contributed by atoms with Crippen molar-refractivity contribution in [2.75, 3.05) is 33.9 Å². The lowest BCUT2D eigenvalue weighted by Gasteiger charge is -2.02. The molecule has 0 saturated carbocycles. The van der Waals surface area contributed by atoms with Crippen LogP contribution in [0, 0.1) is 0 Å². The lowest BCUT2D eigenvalue weighted by atomic mass is 10.5. The molecule has 0 aromatic carbocycles. The van der Waals surface area contributed by atoms with Crippen LogP contribution < -0.4 is 15.5 Å². The Hall–Kier alpha value is -0.750. The van der Waals surface area contributed by atoms with Crippen molar-refractivity contribution < 1.29 is 28.8 Å². The van der Waals surface area contributed by atoms with Crippen LogP contribution in [-0.2, 0) is 13.8 Å². The predicted molar refractivity (Wildman–Crippen MR) is 72.9 cm³/mol. The molecule has 0 aliphatic rings. The van der Waals surface area contributed by atoms with Gasteiger partial charge < -0.3 is 20.3 Å². The Bertz CT molecular complexity index is 196. The first-order valence-electron chi connectivity index (χ1n) is 6.41. The van der Waals surface area contributed by atoms with Crippen LogP contribution in [0.3, 0.4) is 0 Å². The van der Waals surface area contributed by atoms with E-state index in [0.717, 1.165) is 12.8 Å². The highest BCUT2D eigenvalue weighted by molar-refractivity contribution is 7.30. The van der Waals surface area contributed by atoms with Crippen molar-refractivity contribution in [2.24, 2.45) is 0 Å². The Morgan fingerprint density at radius 3 is 2.05 bits per heavy atom. The molecule has 0 bridgehead atoms. The molecule has 3 N–H and O–H groups in total. The number of ether oxygens (including phenoxy) is 1. The number of amides is 1. The van der Waals surface area contributed by atoms with E-state index in [0.29, 0.717) is 13.2 Å². The Morgan fingerprint density at radius 1 is 1.26 bits per heavy atom.